The summed E-state index contributed by atoms with van der Waals surface area (Å²) in [5.74, 6) is 0. The molecule has 0 saturated carbocycles. The molecule has 74 valence electrons. The van der Waals surface area contributed by atoms with Gasteiger partial charge in [0.15, 0.2) is 0 Å². The van der Waals surface area contributed by atoms with Gasteiger partial charge in [-0.25, -0.2) is 0 Å². The number of hydrogen-bond donors (Lipinski definition) is 2. The van der Waals surface area contributed by atoms with E-state index in [-0.39, 0.29) is 6.04 Å². The quantitative estimate of drug-likeness (QED) is 0.631. The molecule has 0 aliphatic rings. The van der Waals surface area contributed by atoms with Crippen LogP contribution in [-0.4, -0.2) is 25.3 Å². The van der Waals surface area contributed by atoms with Crippen molar-refractivity contribution in [3.8, 4) is 0 Å². The zero-order chi connectivity index (χ0) is 9.61. The van der Waals surface area contributed by atoms with Gasteiger partial charge < -0.3 is 11.1 Å². The van der Waals surface area contributed by atoms with Gasteiger partial charge in [0.2, 0.25) is 0 Å². The van der Waals surface area contributed by atoms with Crippen molar-refractivity contribution in [1.29, 1.82) is 0 Å². The third-order valence-corrected chi connectivity index (χ3v) is 1.34. The lowest BCUT2D eigenvalue weighted by Crippen LogP contribution is -2.30. The Morgan fingerprint density at radius 3 is 2.42 bits per heavy atom. The van der Waals surface area contributed by atoms with E-state index in [1.807, 2.05) is 6.92 Å². The number of alkyl halides is 3. The summed E-state index contributed by atoms with van der Waals surface area (Å²) in [4.78, 5) is 0. The standard InChI is InChI=1S/C7H15F3N2/c1-6(11)3-2-4-12-5-7(8,9)10/h6,12H,2-5,11H2,1H3. The molecule has 2 nitrogen and oxygen atoms in total. The molecule has 1 unspecified atom stereocenters. The van der Waals surface area contributed by atoms with E-state index in [9.17, 15) is 13.2 Å². The molecule has 0 radical (unpaired) electrons. The van der Waals surface area contributed by atoms with Crippen LogP contribution in [0.1, 0.15) is 19.8 Å². The zero-order valence-electron chi connectivity index (χ0n) is 7.12. The Bertz CT molecular complexity index is 112. The average Bonchev–Trinajstić information content (AvgIpc) is 1.83. The van der Waals surface area contributed by atoms with Gasteiger partial charge in [0.25, 0.3) is 0 Å². The maximum atomic E-state index is 11.6. The smallest absolute Gasteiger partial charge is 0.328 e. The molecule has 0 rings (SSSR count). The summed E-state index contributed by atoms with van der Waals surface area (Å²) in [5, 5.41) is 2.30. The van der Waals surface area contributed by atoms with Crippen LogP contribution >= 0.6 is 0 Å². The third-order valence-electron chi connectivity index (χ3n) is 1.34. The molecule has 0 amide bonds. The van der Waals surface area contributed by atoms with Crippen LogP contribution in [0.2, 0.25) is 0 Å². The van der Waals surface area contributed by atoms with Crippen molar-refractivity contribution < 1.29 is 13.2 Å². The summed E-state index contributed by atoms with van der Waals surface area (Å²) in [7, 11) is 0. The third kappa shape index (κ3) is 9.71. The fourth-order valence-corrected chi connectivity index (χ4v) is 0.779. The summed E-state index contributed by atoms with van der Waals surface area (Å²) >= 11 is 0. The Balaban J connectivity index is 3.12. The fraction of sp³-hybridized carbons (Fsp3) is 1.00. The van der Waals surface area contributed by atoms with Gasteiger partial charge in [-0.3, -0.25) is 0 Å². The first-order chi connectivity index (χ1) is 5.42. The number of halogens is 3. The van der Waals surface area contributed by atoms with E-state index in [2.05, 4.69) is 5.32 Å². The van der Waals surface area contributed by atoms with Gasteiger partial charge in [-0.05, 0) is 26.3 Å². The lowest BCUT2D eigenvalue weighted by Gasteiger charge is -2.08. The summed E-state index contributed by atoms with van der Waals surface area (Å²) in [6.07, 6.45) is -2.66. The van der Waals surface area contributed by atoms with Crippen LogP contribution < -0.4 is 11.1 Å². The molecular formula is C7H15F3N2. The van der Waals surface area contributed by atoms with Crippen molar-refractivity contribution in [2.24, 2.45) is 5.73 Å². The molecule has 3 N–H and O–H groups in total. The van der Waals surface area contributed by atoms with Crippen LogP contribution in [0.15, 0.2) is 0 Å². The Kier molecular flexibility index (Phi) is 5.24. The van der Waals surface area contributed by atoms with E-state index < -0.39 is 12.7 Å². The molecule has 0 aromatic carbocycles. The normalized spacial score (nSPS) is 14.8. The topological polar surface area (TPSA) is 38.0 Å². The van der Waals surface area contributed by atoms with E-state index in [0.29, 0.717) is 13.0 Å². The van der Waals surface area contributed by atoms with Gasteiger partial charge in [0.1, 0.15) is 0 Å². The summed E-state index contributed by atoms with van der Waals surface area (Å²) in [5.41, 5.74) is 5.41. The lowest BCUT2D eigenvalue weighted by molar-refractivity contribution is -0.124. The van der Waals surface area contributed by atoms with Crippen molar-refractivity contribution in [3.63, 3.8) is 0 Å². The fourth-order valence-electron chi connectivity index (χ4n) is 0.779. The van der Waals surface area contributed by atoms with Crippen LogP contribution in [0.4, 0.5) is 13.2 Å². The molecule has 0 saturated heterocycles. The first kappa shape index (κ1) is 11.7. The predicted molar refractivity (Wildman–Crippen MR) is 41.8 cm³/mol. The highest BCUT2D eigenvalue weighted by molar-refractivity contribution is 4.58. The average molecular weight is 184 g/mol. The first-order valence-electron chi connectivity index (χ1n) is 3.95. The second kappa shape index (κ2) is 5.37. The van der Waals surface area contributed by atoms with Crippen LogP contribution in [-0.2, 0) is 0 Å². The number of nitrogens with two attached hydrogens (primary N) is 1. The van der Waals surface area contributed by atoms with Gasteiger partial charge >= 0.3 is 6.18 Å². The Labute approximate surface area is 70.3 Å². The van der Waals surface area contributed by atoms with E-state index in [0.717, 1.165) is 6.42 Å². The second-order valence-electron chi connectivity index (χ2n) is 2.91. The minimum Gasteiger partial charge on any atom is -0.328 e. The van der Waals surface area contributed by atoms with Gasteiger partial charge in [0.05, 0.1) is 6.54 Å². The van der Waals surface area contributed by atoms with Crippen molar-refractivity contribution in [2.75, 3.05) is 13.1 Å². The number of rotatable bonds is 5. The largest absolute Gasteiger partial charge is 0.401 e. The maximum Gasteiger partial charge on any atom is 0.401 e. The maximum absolute atomic E-state index is 11.6. The van der Waals surface area contributed by atoms with Crippen molar-refractivity contribution in [3.05, 3.63) is 0 Å². The molecule has 0 spiro atoms. The molecule has 0 aromatic heterocycles. The summed E-state index contributed by atoms with van der Waals surface area (Å²) < 4.78 is 34.7. The molecule has 0 aromatic rings. The van der Waals surface area contributed by atoms with Gasteiger partial charge in [-0.2, -0.15) is 13.2 Å². The minimum absolute atomic E-state index is 0.0673. The summed E-state index contributed by atoms with van der Waals surface area (Å²) in [6.45, 7) is 1.30. The second-order valence-corrected chi connectivity index (χ2v) is 2.91. The highest BCUT2D eigenvalue weighted by Crippen LogP contribution is 2.11. The molecule has 12 heavy (non-hydrogen) atoms. The molecule has 0 bridgehead atoms. The zero-order valence-corrected chi connectivity index (χ0v) is 7.12. The molecule has 0 fully saturated rings. The van der Waals surface area contributed by atoms with Gasteiger partial charge in [-0.1, -0.05) is 0 Å². The molecule has 0 heterocycles. The van der Waals surface area contributed by atoms with Crippen molar-refractivity contribution in [1.82, 2.24) is 5.32 Å². The number of hydrogen-bond acceptors (Lipinski definition) is 2. The SMILES string of the molecule is CC(N)CCCNCC(F)(F)F. The van der Waals surface area contributed by atoms with Crippen molar-refractivity contribution >= 4 is 0 Å². The Morgan fingerprint density at radius 2 is 2.00 bits per heavy atom. The first-order valence-corrected chi connectivity index (χ1v) is 3.95. The van der Waals surface area contributed by atoms with Gasteiger partial charge in [0, 0.05) is 6.04 Å². The summed E-state index contributed by atoms with van der Waals surface area (Å²) in [6, 6.07) is 0.0673. The van der Waals surface area contributed by atoms with Gasteiger partial charge in [-0.15, -0.1) is 0 Å². The van der Waals surface area contributed by atoms with E-state index >= 15 is 0 Å². The van der Waals surface area contributed by atoms with Crippen LogP contribution in [0, 0.1) is 0 Å². The monoisotopic (exact) mass is 184 g/mol. The van der Waals surface area contributed by atoms with E-state index in [4.69, 9.17) is 5.73 Å². The predicted octanol–water partition coefficient (Wildman–Crippen LogP) is 1.27. The molecule has 5 heteroatoms. The van der Waals surface area contributed by atoms with Crippen molar-refractivity contribution in [2.45, 2.75) is 32.0 Å². The van der Waals surface area contributed by atoms with Crippen LogP contribution in [0.3, 0.4) is 0 Å². The van der Waals surface area contributed by atoms with E-state index in [1.54, 1.807) is 0 Å². The Morgan fingerprint density at radius 1 is 1.42 bits per heavy atom. The number of nitrogens with one attached hydrogen (secondary N) is 1. The highest BCUT2D eigenvalue weighted by atomic mass is 19.4. The highest BCUT2D eigenvalue weighted by Gasteiger charge is 2.25. The minimum atomic E-state index is -4.10. The molecule has 1 atom stereocenters. The molecule has 0 aliphatic heterocycles. The molecular weight excluding hydrogens is 169 g/mol. The van der Waals surface area contributed by atoms with E-state index in [1.165, 1.54) is 0 Å². The van der Waals surface area contributed by atoms with Crippen LogP contribution in [0.5, 0.6) is 0 Å². The van der Waals surface area contributed by atoms with Crippen LogP contribution in [0.25, 0.3) is 0 Å². The molecule has 0 aliphatic carbocycles. The Hall–Kier alpha value is -0.290. The lowest BCUT2D eigenvalue weighted by atomic mass is 10.2.